The molecule has 2 N–H and O–H groups in total. The lowest BCUT2D eigenvalue weighted by Crippen LogP contribution is -2.47. The van der Waals surface area contributed by atoms with E-state index in [-0.39, 0.29) is 34.9 Å². The fraction of sp³-hybridized carbons (Fsp3) is 0.500. The average Bonchev–Trinajstić information content (AvgIpc) is 3.44. The van der Waals surface area contributed by atoms with Gasteiger partial charge in [-0.1, -0.05) is 0 Å². The Morgan fingerprint density at radius 3 is 2.86 bits per heavy atom. The quantitative estimate of drug-likeness (QED) is 0.758. The van der Waals surface area contributed by atoms with Gasteiger partial charge < -0.3 is 29.4 Å². The predicted octanol–water partition coefficient (Wildman–Crippen LogP) is 2.02. The Morgan fingerprint density at radius 1 is 1.38 bits per heavy atom. The Labute approximate surface area is 165 Å². The lowest BCUT2D eigenvalue weighted by Gasteiger charge is -2.25. The fourth-order valence-electron chi connectivity index (χ4n) is 4.47. The maximum Gasteiger partial charge on any atom is 0.511 e. The van der Waals surface area contributed by atoms with Crippen LogP contribution in [-0.2, 0) is 4.74 Å². The second kappa shape index (κ2) is 6.70. The minimum absolute atomic E-state index is 0.0103. The molecular weight excluding hydrogens is 381 g/mol. The third-order valence-electron chi connectivity index (χ3n) is 6.03. The summed E-state index contributed by atoms with van der Waals surface area (Å²) < 4.78 is 27.7. The Bertz CT molecular complexity index is 1050. The number of carbonyl (C=O) groups is 1. The van der Waals surface area contributed by atoms with Crippen molar-refractivity contribution in [2.75, 3.05) is 31.1 Å². The van der Waals surface area contributed by atoms with Crippen LogP contribution in [0.2, 0.25) is 0 Å². The molecule has 0 unspecified atom stereocenters. The van der Waals surface area contributed by atoms with Gasteiger partial charge in [-0.25, -0.2) is 9.18 Å². The lowest BCUT2D eigenvalue weighted by molar-refractivity contribution is 0.0212. The van der Waals surface area contributed by atoms with Crippen LogP contribution in [0.4, 0.5) is 14.9 Å². The van der Waals surface area contributed by atoms with Crippen molar-refractivity contribution in [2.24, 2.45) is 0 Å². The van der Waals surface area contributed by atoms with Crippen LogP contribution in [0.5, 0.6) is 5.75 Å². The molecule has 1 aliphatic carbocycles. The van der Waals surface area contributed by atoms with Crippen molar-refractivity contribution in [1.29, 1.82) is 0 Å². The fourth-order valence-corrected chi connectivity index (χ4v) is 4.47. The zero-order valence-corrected chi connectivity index (χ0v) is 16.0. The summed E-state index contributed by atoms with van der Waals surface area (Å²) in [6, 6.07) is 2.01. The minimum atomic E-state index is -1.56. The third kappa shape index (κ3) is 3.05. The number of halogens is 1. The minimum Gasteiger partial charge on any atom is -0.449 e. The summed E-state index contributed by atoms with van der Waals surface area (Å²) in [7, 11) is 0. The zero-order chi connectivity index (χ0) is 20.3. The first-order valence-corrected chi connectivity index (χ1v) is 9.82. The second-order valence-corrected chi connectivity index (χ2v) is 7.93. The largest absolute Gasteiger partial charge is 0.511 e. The maximum absolute atomic E-state index is 15.4. The number of hydrogen-bond acceptors (Lipinski definition) is 6. The van der Waals surface area contributed by atoms with Crippen molar-refractivity contribution < 1.29 is 23.8 Å². The topological polar surface area (TPSA) is 93.0 Å². The summed E-state index contributed by atoms with van der Waals surface area (Å²) in [5, 5.41) is 12.5. The van der Waals surface area contributed by atoms with Crippen LogP contribution in [0.3, 0.4) is 0 Å². The van der Waals surface area contributed by atoms with E-state index >= 15 is 4.39 Å². The number of morpholine rings is 1. The number of pyridine rings is 1. The van der Waals surface area contributed by atoms with Crippen molar-refractivity contribution >= 4 is 22.7 Å². The van der Waals surface area contributed by atoms with Crippen molar-refractivity contribution in [2.45, 2.75) is 38.0 Å². The van der Waals surface area contributed by atoms with E-state index < -0.39 is 17.4 Å². The molecule has 8 nitrogen and oxygen atoms in total. The monoisotopic (exact) mass is 403 g/mol. The molecule has 154 valence electrons. The van der Waals surface area contributed by atoms with Crippen LogP contribution in [0.1, 0.15) is 24.4 Å². The van der Waals surface area contributed by atoms with Crippen LogP contribution >= 0.6 is 0 Å². The predicted molar refractivity (Wildman–Crippen MR) is 104 cm³/mol. The van der Waals surface area contributed by atoms with Crippen LogP contribution in [0, 0.1) is 12.7 Å². The van der Waals surface area contributed by atoms with Gasteiger partial charge >= 0.3 is 6.16 Å². The van der Waals surface area contributed by atoms with Crippen LogP contribution < -0.4 is 20.4 Å². The van der Waals surface area contributed by atoms with Gasteiger partial charge in [0.15, 0.2) is 5.75 Å². The van der Waals surface area contributed by atoms with E-state index in [9.17, 15) is 9.59 Å². The highest BCUT2D eigenvalue weighted by Crippen LogP contribution is 2.40. The molecule has 0 radical (unpaired) electrons. The highest BCUT2D eigenvalue weighted by molar-refractivity contribution is 5.88. The Hall–Kier alpha value is -2.65. The second-order valence-electron chi connectivity index (χ2n) is 7.93. The highest BCUT2D eigenvalue weighted by Gasteiger charge is 2.37. The van der Waals surface area contributed by atoms with E-state index in [4.69, 9.17) is 9.84 Å². The third-order valence-corrected chi connectivity index (χ3v) is 6.03. The molecule has 1 aromatic heterocycles. The zero-order valence-electron chi connectivity index (χ0n) is 16.0. The number of aryl methyl sites for hydroxylation is 1. The van der Waals surface area contributed by atoms with E-state index in [1.165, 1.54) is 6.20 Å². The van der Waals surface area contributed by atoms with Gasteiger partial charge in [-0.2, -0.15) is 0 Å². The summed E-state index contributed by atoms with van der Waals surface area (Å²) in [4.78, 5) is 25.8. The molecule has 9 heteroatoms. The summed E-state index contributed by atoms with van der Waals surface area (Å²) >= 11 is 0. The normalized spacial score (nSPS) is 24.0. The average molecular weight is 403 g/mol. The molecule has 2 saturated heterocycles. The number of rotatable bonds is 3. The molecule has 2 atom stereocenters. The van der Waals surface area contributed by atoms with Crippen LogP contribution in [-0.4, -0.2) is 54.2 Å². The number of hydrogen-bond donors (Lipinski definition) is 2. The molecule has 1 saturated carbocycles. The number of carboxylic acid groups (broad SMARTS) is 1. The summed E-state index contributed by atoms with van der Waals surface area (Å²) in [5.41, 5.74) is 0.641. The smallest absolute Gasteiger partial charge is 0.449 e. The van der Waals surface area contributed by atoms with Gasteiger partial charge in [-0.05, 0) is 25.8 Å². The Kier molecular flexibility index (Phi) is 4.25. The molecule has 3 heterocycles. The van der Waals surface area contributed by atoms with Gasteiger partial charge in [0.2, 0.25) is 5.43 Å². The molecule has 0 amide bonds. The molecule has 2 aromatic rings. The lowest BCUT2D eigenvalue weighted by atomic mass is 10.1. The van der Waals surface area contributed by atoms with Gasteiger partial charge in [-0.15, -0.1) is 0 Å². The number of anilines is 1. The molecule has 0 bridgehead atoms. The number of ether oxygens (including phenoxy) is 2. The number of fused-ring (bicyclic) bond motifs is 2. The van der Waals surface area contributed by atoms with Gasteiger partial charge in [0.05, 0.1) is 41.5 Å². The van der Waals surface area contributed by atoms with E-state index in [2.05, 4.69) is 10.1 Å². The number of nitrogens with one attached hydrogen (secondary N) is 1. The van der Waals surface area contributed by atoms with Crippen molar-refractivity contribution in [1.82, 2.24) is 9.88 Å². The SMILES string of the molecule is Cc1c(F)c(N2C[C@@H]3NCCO[C@@H]3C2)cc2c1c(=O)c(OC(=O)O)cn2C1CC1. The number of nitrogens with zero attached hydrogens (tertiary/aromatic N) is 2. The van der Waals surface area contributed by atoms with Crippen molar-refractivity contribution in [3.05, 3.63) is 33.9 Å². The Balaban J connectivity index is 1.66. The molecule has 1 aromatic carbocycles. The molecule has 2 aliphatic heterocycles. The Morgan fingerprint density at radius 2 is 2.17 bits per heavy atom. The van der Waals surface area contributed by atoms with E-state index in [1.54, 1.807) is 13.0 Å². The van der Waals surface area contributed by atoms with Crippen LogP contribution in [0.25, 0.3) is 10.9 Å². The van der Waals surface area contributed by atoms with E-state index in [1.807, 2.05) is 9.47 Å². The molecule has 5 rings (SSSR count). The molecule has 3 fully saturated rings. The summed E-state index contributed by atoms with van der Waals surface area (Å²) in [6.45, 7) is 4.18. The standard InChI is InChI=1S/C20H22FN3O5/c1-10-17-13(24(11-2-3-11)9-16(19(17)25)29-20(26)27)6-14(18(10)21)23-7-12-15(8-23)28-5-4-22-12/h6,9,11-12,15,22H,2-5,7-8H2,1H3,(H,26,27)/t12-,15+/m0/s1. The summed E-state index contributed by atoms with van der Waals surface area (Å²) in [5.74, 6) is -0.764. The number of benzene rings is 1. The van der Waals surface area contributed by atoms with Gasteiger partial charge in [0.1, 0.15) is 5.82 Å². The highest BCUT2D eigenvalue weighted by atomic mass is 19.1. The van der Waals surface area contributed by atoms with Crippen LogP contribution in [0.15, 0.2) is 17.1 Å². The van der Waals surface area contributed by atoms with Crippen molar-refractivity contribution in [3.8, 4) is 5.75 Å². The number of aromatic nitrogens is 1. The van der Waals surface area contributed by atoms with Gasteiger partial charge in [-0.3, -0.25) is 4.79 Å². The van der Waals surface area contributed by atoms with E-state index in [0.29, 0.717) is 30.9 Å². The first kappa shape index (κ1) is 18.4. The van der Waals surface area contributed by atoms with Gasteiger partial charge in [0, 0.05) is 31.2 Å². The summed E-state index contributed by atoms with van der Waals surface area (Å²) in [6.07, 6.45) is 1.72. The molecule has 3 aliphatic rings. The van der Waals surface area contributed by atoms with Gasteiger partial charge in [0.25, 0.3) is 0 Å². The van der Waals surface area contributed by atoms with E-state index in [0.717, 1.165) is 19.4 Å². The molecule has 29 heavy (non-hydrogen) atoms. The molecule has 0 spiro atoms. The first-order chi connectivity index (χ1) is 13.9. The molecular formula is C20H22FN3O5. The first-order valence-electron chi connectivity index (χ1n) is 9.82. The maximum atomic E-state index is 15.4. The van der Waals surface area contributed by atoms with Crippen molar-refractivity contribution in [3.63, 3.8) is 0 Å².